The van der Waals surface area contributed by atoms with Crippen LogP contribution in [0.3, 0.4) is 0 Å². The summed E-state index contributed by atoms with van der Waals surface area (Å²) < 4.78 is 0. The van der Waals surface area contributed by atoms with E-state index in [0.717, 1.165) is 11.3 Å². The molecule has 0 atom stereocenters. The van der Waals surface area contributed by atoms with Gasteiger partial charge in [-0.05, 0) is 24.6 Å². The molecule has 0 aromatic heterocycles. The summed E-state index contributed by atoms with van der Waals surface area (Å²) in [6, 6.07) is 7.33. The van der Waals surface area contributed by atoms with Gasteiger partial charge in [0.25, 0.3) is 0 Å². The summed E-state index contributed by atoms with van der Waals surface area (Å²) >= 11 is 5.76. The Morgan fingerprint density at radius 1 is 1.36 bits per heavy atom. The molecule has 0 unspecified atom stereocenters. The SMILES string of the molecule is C/C=C(\NC(C)=O)c1ccc(Cl)cc1. The number of allylic oxidation sites excluding steroid dienone is 1. The van der Waals surface area contributed by atoms with Crippen LogP contribution >= 0.6 is 11.6 Å². The first-order valence-electron chi connectivity index (χ1n) is 4.33. The van der Waals surface area contributed by atoms with E-state index in [4.69, 9.17) is 11.6 Å². The normalized spacial score (nSPS) is 11.2. The largest absolute Gasteiger partial charge is 0.326 e. The number of amides is 1. The van der Waals surface area contributed by atoms with Gasteiger partial charge in [-0.15, -0.1) is 0 Å². The molecular weight excluding hydrogens is 198 g/mol. The second kappa shape index (κ2) is 4.82. The van der Waals surface area contributed by atoms with E-state index in [1.165, 1.54) is 6.92 Å². The molecule has 0 heterocycles. The second-order valence-electron chi connectivity index (χ2n) is 2.89. The molecule has 2 nitrogen and oxygen atoms in total. The molecule has 1 amide bonds. The van der Waals surface area contributed by atoms with Gasteiger partial charge in [-0.25, -0.2) is 0 Å². The molecule has 0 bridgehead atoms. The summed E-state index contributed by atoms with van der Waals surface area (Å²) in [5, 5.41) is 3.43. The van der Waals surface area contributed by atoms with E-state index in [0.29, 0.717) is 5.02 Å². The van der Waals surface area contributed by atoms with E-state index in [2.05, 4.69) is 5.32 Å². The van der Waals surface area contributed by atoms with Crippen LogP contribution in [-0.4, -0.2) is 5.91 Å². The smallest absolute Gasteiger partial charge is 0.221 e. The van der Waals surface area contributed by atoms with Crippen molar-refractivity contribution in [3.8, 4) is 0 Å². The number of benzene rings is 1. The molecule has 1 N–H and O–H groups in total. The molecule has 0 fully saturated rings. The third-order valence-electron chi connectivity index (χ3n) is 1.75. The summed E-state index contributed by atoms with van der Waals surface area (Å²) in [5.74, 6) is -0.0759. The molecule has 0 aliphatic rings. The lowest BCUT2D eigenvalue weighted by atomic mass is 10.1. The molecule has 1 rings (SSSR count). The summed E-state index contributed by atoms with van der Waals surface area (Å²) in [7, 11) is 0. The van der Waals surface area contributed by atoms with E-state index >= 15 is 0 Å². The maximum Gasteiger partial charge on any atom is 0.221 e. The first-order valence-corrected chi connectivity index (χ1v) is 4.71. The average Bonchev–Trinajstić information content (AvgIpc) is 2.15. The van der Waals surface area contributed by atoms with Crippen LogP contribution in [0.5, 0.6) is 0 Å². The lowest BCUT2D eigenvalue weighted by Crippen LogP contribution is -2.17. The molecular formula is C11H12ClNO. The Morgan fingerprint density at radius 2 is 1.93 bits per heavy atom. The summed E-state index contributed by atoms with van der Waals surface area (Å²) in [5.41, 5.74) is 1.75. The standard InChI is InChI=1S/C11H12ClNO/c1-3-11(13-8(2)14)9-4-6-10(12)7-5-9/h3-7H,1-2H3,(H,13,14)/b11-3-. The van der Waals surface area contributed by atoms with Crippen LogP contribution in [0.15, 0.2) is 30.3 Å². The van der Waals surface area contributed by atoms with Crippen LogP contribution in [-0.2, 0) is 4.79 Å². The monoisotopic (exact) mass is 209 g/mol. The molecule has 0 radical (unpaired) electrons. The van der Waals surface area contributed by atoms with Gasteiger partial charge in [-0.3, -0.25) is 4.79 Å². The van der Waals surface area contributed by atoms with Crippen molar-refractivity contribution < 1.29 is 4.79 Å². The van der Waals surface area contributed by atoms with E-state index in [1.54, 1.807) is 12.1 Å². The highest BCUT2D eigenvalue weighted by molar-refractivity contribution is 6.30. The highest BCUT2D eigenvalue weighted by Gasteiger charge is 2.01. The molecule has 0 saturated carbocycles. The molecule has 1 aromatic rings. The van der Waals surface area contributed by atoms with E-state index < -0.39 is 0 Å². The fourth-order valence-electron chi connectivity index (χ4n) is 1.13. The number of carbonyl (C=O) groups excluding carboxylic acids is 1. The molecule has 1 aromatic carbocycles. The van der Waals surface area contributed by atoms with Crippen LogP contribution in [0.4, 0.5) is 0 Å². The Hall–Kier alpha value is -1.28. The zero-order valence-corrected chi connectivity index (χ0v) is 8.93. The summed E-state index contributed by atoms with van der Waals surface area (Å²) in [6.07, 6.45) is 1.85. The zero-order valence-electron chi connectivity index (χ0n) is 8.17. The van der Waals surface area contributed by atoms with Gasteiger partial charge >= 0.3 is 0 Å². The van der Waals surface area contributed by atoms with Crippen molar-refractivity contribution in [2.75, 3.05) is 0 Å². The zero-order chi connectivity index (χ0) is 10.6. The molecule has 74 valence electrons. The van der Waals surface area contributed by atoms with E-state index in [1.807, 2.05) is 25.1 Å². The van der Waals surface area contributed by atoms with Gasteiger partial charge in [-0.2, -0.15) is 0 Å². The van der Waals surface area contributed by atoms with Gasteiger partial charge in [0.1, 0.15) is 0 Å². The van der Waals surface area contributed by atoms with Gasteiger partial charge in [0.15, 0.2) is 0 Å². The molecule has 3 heteroatoms. The average molecular weight is 210 g/mol. The fourth-order valence-corrected chi connectivity index (χ4v) is 1.26. The number of hydrogen-bond acceptors (Lipinski definition) is 1. The van der Waals surface area contributed by atoms with Crippen molar-refractivity contribution in [1.82, 2.24) is 5.32 Å². The van der Waals surface area contributed by atoms with Crippen LogP contribution in [0, 0.1) is 0 Å². The van der Waals surface area contributed by atoms with Crippen molar-refractivity contribution in [3.05, 3.63) is 40.9 Å². The molecule has 14 heavy (non-hydrogen) atoms. The quantitative estimate of drug-likeness (QED) is 0.798. The minimum absolute atomic E-state index is 0.0759. The van der Waals surface area contributed by atoms with Crippen molar-refractivity contribution >= 4 is 23.2 Å². The van der Waals surface area contributed by atoms with E-state index in [-0.39, 0.29) is 5.91 Å². The molecule has 0 saturated heterocycles. The second-order valence-corrected chi connectivity index (χ2v) is 3.33. The van der Waals surface area contributed by atoms with E-state index in [9.17, 15) is 4.79 Å². The summed E-state index contributed by atoms with van der Waals surface area (Å²) in [6.45, 7) is 3.36. The van der Waals surface area contributed by atoms with Gasteiger partial charge < -0.3 is 5.32 Å². The minimum atomic E-state index is -0.0759. The Kier molecular flexibility index (Phi) is 3.72. The molecule has 0 aliphatic carbocycles. The Morgan fingerprint density at radius 3 is 2.36 bits per heavy atom. The van der Waals surface area contributed by atoms with Crippen LogP contribution in [0.25, 0.3) is 5.70 Å². The predicted octanol–water partition coefficient (Wildman–Crippen LogP) is 2.84. The van der Waals surface area contributed by atoms with Crippen LogP contribution in [0.1, 0.15) is 19.4 Å². The first-order chi connectivity index (χ1) is 6.63. The topological polar surface area (TPSA) is 29.1 Å². The Balaban J connectivity index is 2.91. The summed E-state index contributed by atoms with van der Waals surface area (Å²) in [4.78, 5) is 10.9. The fraction of sp³-hybridized carbons (Fsp3) is 0.182. The third kappa shape index (κ3) is 2.89. The highest BCUT2D eigenvalue weighted by atomic mass is 35.5. The van der Waals surface area contributed by atoms with Crippen molar-refractivity contribution in [3.63, 3.8) is 0 Å². The molecule has 0 aliphatic heterocycles. The Labute approximate surface area is 88.6 Å². The van der Waals surface area contributed by atoms with Crippen LogP contribution < -0.4 is 5.32 Å². The van der Waals surface area contributed by atoms with Crippen molar-refractivity contribution in [1.29, 1.82) is 0 Å². The number of carbonyl (C=O) groups is 1. The third-order valence-corrected chi connectivity index (χ3v) is 2.01. The predicted molar refractivity (Wildman–Crippen MR) is 58.9 cm³/mol. The maximum absolute atomic E-state index is 10.9. The Bertz CT molecular complexity index is 354. The van der Waals surface area contributed by atoms with Crippen LogP contribution in [0.2, 0.25) is 5.02 Å². The lowest BCUT2D eigenvalue weighted by molar-refractivity contribution is -0.117. The number of nitrogens with one attached hydrogen (secondary N) is 1. The van der Waals surface area contributed by atoms with Gasteiger partial charge in [-0.1, -0.05) is 29.8 Å². The first kappa shape index (κ1) is 10.8. The van der Waals surface area contributed by atoms with Gasteiger partial charge in [0, 0.05) is 17.6 Å². The molecule has 0 spiro atoms. The lowest BCUT2D eigenvalue weighted by Gasteiger charge is -2.07. The maximum atomic E-state index is 10.9. The minimum Gasteiger partial charge on any atom is -0.326 e. The van der Waals surface area contributed by atoms with Crippen molar-refractivity contribution in [2.24, 2.45) is 0 Å². The number of hydrogen-bond donors (Lipinski definition) is 1. The highest BCUT2D eigenvalue weighted by Crippen LogP contribution is 2.15. The van der Waals surface area contributed by atoms with Crippen molar-refractivity contribution in [2.45, 2.75) is 13.8 Å². The van der Waals surface area contributed by atoms with Gasteiger partial charge in [0.05, 0.1) is 0 Å². The number of halogens is 1. The van der Waals surface area contributed by atoms with Gasteiger partial charge in [0.2, 0.25) is 5.91 Å². The number of rotatable bonds is 2.